The largest absolute Gasteiger partial charge is 0.462 e. The van der Waals surface area contributed by atoms with E-state index in [-0.39, 0.29) is 30.0 Å². The van der Waals surface area contributed by atoms with Crippen molar-refractivity contribution in [1.82, 2.24) is 5.32 Å². The molecule has 2 aliphatic heterocycles. The molecule has 2 heterocycles. The van der Waals surface area contributed by atoms with Crippen molar-refractivity contribution in [2.24, 2.45) is 23.7 Å². The number of esters is 1. The number of amides is 1. The summed E-state index contributed by atoms with van der Waals surface area (Å²) in [6.45, 7) is 8.25. The summed E-state index contributed by atoms with van der Waals surface area (Å²) in [5.74, 6) is -1.40. The van der Waals surface area contributed by atoms with Crippen molar-refractivity contribution in [2.45, 2.75) is 82.6 Å². The van der Waals surface area contributed by atoms with E-state index in [1.807, 2.05) is 49.4 Å². The molecule has 1 aliphatic carbocycles. The van der Waals surface area contributed by atoms with Crippen LogP contribution in [0.15, 0.2) is 54.6 Å². The highest BCUT2D eigenvalue weighted by Crippen LogP contribution is 2.50. The quantitative estimate of drug-likeness (QED) is 0.369. The van der Waals surface area contributed by atoms with Crippen molar-refractivity contribution in [3.63, 3.8) is 0 Å². The molecule has 8 atom stereocenters. The zero-order valence-electron chi connectivity index (χ0n) is 20.9. The van der Waals surface area contributed by atoms with Gasteiger partial charge in [-0.2, -0.15) is 0 Å². The Kier molecular flexibility index (Phi) is 7.82. The van der Waals surface area contributed by atoms with Gasteiger partial charge in [-0.05, 0) is 55.1 Å². The Balaban J connectivity index is 1.41. The third kappa shape index (κ3) is 5.24. The maximum absolute atomic E-state index is 13.2. The van der Waals surface area contributed by atoms with Gasteiger partial charge in [0.1, 0.15) is 6.10 Å². The molecule has 1 aromatic carbocycles. The molecule has 3 fully saturated rings. The predicted octanol–water partition coefficient (Wildman–Crippen LogP) is 3.72. The van der Waals surface area contributed by atoms with Gasteiger partial charge in [0.15, 0.2) is 5.60 Å². The Labute approximate surface area is 208 Å². The van der Waals surface area contributed by atoms with Crippen molar-refractivity contribution in [1.29, 1.82) is 0 Å². The van der Waals surface area contributed by atoms with E-state index in [9.17, 15) is 19.8 Å². The molecule has 6 heteroatoms. The van der Waals surface area contributed by atoms with Gasteiger partial charge in [0, 0.05) is 24.3 Å². The molecule has 1 aromatic rings. The SMILES string of the molecule is C=C1[C@@H](O)[C@@H](/C=C/C[C@@H](C)CCC[C@@H]2CCC(=O)O2)[C@@]2(O)C(=O)N[C@@H](Cc3ccccc3)[C@H]2[C@H]1C. The minimum atomic E-state index is -1.68. The summed E-state index contributed by atoms with van der Waals surface area (Å²) >= 11 is 0. The summed E-state index contributed by atoms with van der Waals surface area (Å²) in [6.07, 6.45) is 8.54. The average molecular weight is 482 g/mol. The smallest absolute Gasteiger partial charge is 0.306 e. The highest BCUT2D eigenvalue weighted by Gasteiger charge is 2.64. The summed E-state index contributed by atoms with van der Waals surface area (Å²) in [5, 5.41) is 25.9. The average Bonchev–Trinajstić information content (AvgIpc) is 3.35. The van der Waals surface area contributed by atoms with Gasteiger partial charge < -0.3 is 20.3 Å². The topological polar surface area (TPSA) is 95.9 Å². The maximum atomic E-state index is 13.2. The first kappa shape index (κ1) is 25.6. The number of hydrogen-bond acceptors (Lipinski definition) is 5. The number of allylic oxidation sites excluding steroid dienone is 1. The van der Waals surface area contributed by atoms with Gasteiger partial charge in [0.2, 0.25) is 0 Å². The number of fused-ring (bicyclic) bond motifs is 1. The number of benzene rings is 1. The van der Waals surface area contributed by atoms with Crippen LogP contribution in [0.25, 0.3) is 0 Å². The van der Waals surface area contributed by atoms with Gasteiger partial charge in [0.25, 0.3) is 5.91 Å². The molecule has 35 heavy (non-hydrogen) atoms. The molecule has 0 unspecified atom stereocenters. The molecule has 1 saturated carbocycles. The zero-order valence-corrected chi connectivity index (χ0v) is 20.9. The first-order chi connectivity index (χ1) is 16.7. The third-order valence-corrected chi connectivity index (χ3v) is 8.35. The first-order valence-electron chi connectivity index (χ1n) is 13.0. The van der Waals surface area contributed by atoms with Crippen molar-refractivity contribution in [3.8, 4) is 0 Å². The number of aliphatic hydroxyl groups is 2. The molecule has 4 rings (SSSR count). The molecule has 0 bridgehead atoms. The van der Waals surface area contributed by atoms with Crippen LogP contribution in [0.3, 0.4) is 0 Å². The molecule has 2 saturated heterocycles. The fourth-order valence-electron chi connectivity index (χ4n) is 6.26. The number of carbonyl (C=O) groups excluding carboxylic acids is 2. The lowest BCUT2D eigenvalue weighted by Crippen LogP contribution is -2.59. The molecule has 3 N–H and O–H groups in total. The zero-order chi connectivity index (χ0) is 25.2. The van der Waals surface area contributed by atoms with E-state index in [4.69, 9.17) is 4.74 Å². The molecule has 3 aliphatic rings. The number of aliphatic hydroxyl groups excluding tert-OH is 1. The lowest BCUT2D eigenvalue weighted by molar-refractivity contribution is -0.154. The fourth-order valence-corrected chi connectivity index (χ4v) is 6.26. The summed E-state index contributed by atoms with van der Waals surface area (Å²) in [4.78, 5) is 24.4. The lowest BCUT2D eigenvalue weighted by atomic mass is 9.60. The highest BCUT2D eigenvalue weighted by atomic mass is 16.5. The number of carbonyl (C=O) groups is 2. The van der Waals surface area contributed by atoms with Gasteiger partial charge >= 0.3 is 5.97 Å². The predicted molar refractivity (Wildman–Crippen MR) is 134 cm³/mol. The Morgan fingerprint density at radius 3 is 2.71 bits per heavy atom. The van der Waals surface area contributed by atoms with Crippen LogP contribution in [0.4, 0.5) is 0 Å². The van der Waals surface area contributed by atoms with Crippen LogP contribution >= 0.6 is 0 Å². The van der Waals surface area contributed by atoms with E-state index >= 15 is 0 Å². The minimum Gasteiger partial charge on any atom is -0.462 e. The van der Waals surface area contributed by atoms with E-state index in [1.165, 1.54) is 0 Å². The molecule has 0 radical (unpaired) electrons. The normalized spacial score (nSPS) is 35.7. The number of cyclic esters (lactones) is 1. The highest BCUT2D eigenvalue weighted by molar-refractivity contribution is 5.89. The Hall–Kier alpha value is -2.44. The van der Waals surface area contributed by atoms with E-state index < -0.39 is 23.5 Å². The van der Waals surface area contributed by atoms with Crippen molar-refractivity contribution < 1.29 is 24.5 Å². The summed E-state index contributed by atoms with van der Waals surface area (Å²) < 4.78 is 5.29. The van der Waals surface area contributed by atoms with Gasteiger partial charge in [-0.3, -0.25) is 9.59 Å². The van der Waals surface area contributed by atoms with E-state index in [1.54, 1.807) is 0 Å². The van der Waals surface area contributed by atoms with Crippen molar-refractivity contribution in [3.05, 3.63) is 60.2 Å². The number of nitrogens with one attached hydrogen (secondary N) is 1. The number of rotatable bonds is 9. The molecule has 1 amide bonds. The second kappa shape index (κ2) is 10.7. The van der Waals surface area contributed by atoms with Gasteiger partial charge in [0.05, 0.1) is 6.10 Å². The lowest BCUT2D eigenvalue weighted by Gasteiger charge is -2.47. The molecule has 6 nitrogen and oxygen atoms in total. The number of ether oxygens (including phenoxy) is 1. The number of hydrogen-bond donors (Lipinski definition) is 3. The molecule has 0 spiro atoms. The van der Waals surface area contributed by atoms with Gasteiger partial charge in [-0.25, -0.2) is 0 Å². The first-order valence-corrected chi connectivity index (χ1v) is 13.0. The summed E-state index contributed by atoms with van der Waals surface area (Å²) in [5.41, 5.74) is 0.0910. The summed E-state index contributed by atoms with van der Waals surface area (Å²) in [6, 6.07) is 9.72. The van der Waals surface area contributed by atoms with E-state index in [0.717, 1.165) is 37.7 Å². The Morgan fingerprint density at radius 1 is 1.29 bits per heavy atom. The summed E-state index contributed by atoms with van der Waals surface area (Å²) in [7, 11) is 0. The van der Waals surface area contributed by atoms with E-state index in [0.29, 0.717) is 24.3 Å². The van der Waals surface area contributed by atoms with Gasteiger partial charge in [-0.15, -0.1) is 0 Å². The van der Waals surface area contributed by atoms with Crippen LogP contribution in [0.1, 0.15) is 57.9 Å². The molecule has 0 aromatic heterocycles. The molecular formula is C29H39NO5. The van der Waals surface area contributed by atoms with Crippen LogP contribution in [0.2, 0.25) is 0 Å². The monoisotopic (exact) mass is 481 g/mol. The van der Waals surface area contributed by atoms with Crippen LogP contribution in [0.5, 0.6) is 0 Å². The van der Waals surface area contributed by atoms with Crippen LogP contribution in [-0.4, -0.2) is 45.9 Å². The van der Waals surface area contributed by atoms with Crippen molar-refractivity contribution >= 4 is 11.9 Å². The van der Waals surface area contributed by atoms with Crippen molar-refractivity contribution in [2.75, 3.05) is 0 Å². The van der Waals surface area contributed by atoms with Crippen LogP contribution in [0, 0.1) is 23.7 Å². The molecular weight excluding hydrogens is 442 g/mol. The minimum absolute atomic E-state index is 0.0616. The standard InChI is InChI=1S/C29H39NO5/c1-18(9-7-13-22-15-16-25(31)35-22)10-8-14-23-27(32)20(3)19(2)26-24(30-28(33)29(23,26)34)17-21-11-5-4-6-12-21/h4-6,8,11-12,14,18-19,22-24,26-27,32,34H,3,7,9-10,13,15-17H2,1-2H3,(H,30,33)/b14-8+/t18-,19-,22+,23+,24-,26+,27+,29-/m0/s1. The van der Waals surface area contributed by atoms with Gasteiger partial charge in [-0.1, -0.05) is 69.3 Å². The molecule has 190 valence electrons. The second-order valence-electron chi connectivity index (χ2n) is 10.8. The Bertz CT molecular complexity index is 959. The fraction of sp³-hybridized carbons (Fsp3) is 0.586. The van der Waals surface area contributed by atoms with E-state index in [2.05, 4.69) is 18.8 Å². The van der Waals surface area contributed by atoms with Crippen LogP contribution in [-0.2, 0) is 20.7 Å². The third-order valence-electron chi connectivity index (χ3n) is 8.35. The maximum Gasteiger partial charge on any atom is 0.306 e. The Morgan fingerprint density at radius 2 is 2.03 bits per heavy atom. The second-order valence-corrected chi connectivity index (χ2v) is 10.8. The van der Waals surface area contributed by atoms with Crippen LogP contribution < -0.4 is 5.32 Å².